The van der Waals surface area contributed by atoms with Crippen LogP contribution < -0.4 is 10.1 Å². The lowest BCUT2D eigenvalue weighted by Gasteiger charge is -2.13. The van der Waals surface area contributed by atoms with Crippen molar-refractivity contribution in [3.63, 3.8) is 0 Å². The number of aliphatic hydroxyl groups excluding tert-OH is 1. The highest BCUT2D eigenvalue weighted by Crippen LogP contribution is 2.23. The molecule has 0 saturated heterocycles. The van der Waals surface area contributed by atoms with Crippen molar-refractivity contribution in [2.24, 2.45) is 0 Å². The minimum Gasteiger partial charge on any atom is -0.493 e. The molecule has 1 aromatic rings. The van der Waals surface area contributed by atoms with Gasteiger partial charge in [-0.15, -0.1) is 0 Å². The van der Waals surface area contributed by atoms with Crippen molar-refractivity contribution in [1.29, 1.82) is 0 Å². The second kappa shape index (κ2) is 7.69. The maximum Gasteiger partial charge on any atom is 0.123 e. The quantitative estimate of drug-likeness (QED) is 0.814. The van der Waals surface area contributed by atoms with Gasteiger partial charge in [0.2, 0.25) is 0 Å². The molecule has 0 spiro atoms. The van der Waals surface area contributed by atoms with Gasteiger partial charge >= 0.3 is 0 Å². The maximum absolute atomic E-state index is 9.19. The fourth-order valence-corrected chi connectivity index (χ4v) is 1.86. The molecule has 1 rings (SSSR count). The van der Waals surface area contributed by atoms with Gasteiger partial charge in [0.15, 0.2) is 0 Å². The summed E-state index contributed by atoms with van der Waals surface area (Å²) in [6, 6.07) is 5.99. The molecule has 96 valence electrons. The Hall–Kier alpha value is -0.580. The average molecular weight is 302 g/mol. The van der Waals surface area contributed by atoms with E-state index in [1.807, 2.05) is 18.2 Å². The van der Waals surface area contributed by atoms with Gasteiger partial charge in [0, 0.05) is 23.1 Å². The van der Waals surface area contributed by atoms with E-state index in [4.69, 9.17) is 4.74 Å². The highest BCUT2D eigenvalue weighted by atomic mass is 79.9. The molecular weight excluding hydrogens is 282 g/mol. The number of ether oxygens (including phenoxy) is 1. The summed E-state index contributed by atoms with van der Waals surface area (Å²) in [6.45, 7) is 5.86. The van der Waals surface area contributed by atoms with E-state index in [2.05, 4.69) is 28.2 Å². The van der Waals surface area contributed by atoms with Crippen molar-refractivity contribution in [3.8, 4) is 5.75 Å². The third kappa shape index (κ3) is 5.52. The lowest BCUT2D eigenvalue weighted by molar-refractivity contribution is 0.190. The van der Waals surface area contributed by atoms with Crippen LogP contribution in [-0.2, 0) is 6.54 Å². The van der Waals surface area contributed by atoms with Crippen LogP contribution in [0.5, 0.6) is 5.75 Å². The summed E-state index contributed by atoms with van der Waals surface area (Å²) in [5, 5.41) is 12.4. The second-order valence-corrected chi connectivity index (χ2v) is 5.00. The van der Waals surface area contributed by atoms with Gasteiger partial charge in [-0.1, -0.05) is 22.9 Å². The Morgan fingerprint density at radius 1 is 1.47 bits per heavy atom. The molecule has 0 radical (unpaired) electrons. The standard InChI is InChI=1S/C13H20BrNO2/c1-3-6-17-13-5-4-12(14)7-11(13)9-15-8-10(2)16/h4-5,7,10,15-16H,3,6,8-9H2,1-2H3/t10-/m1/s1. The zero-order valence-electron chi connectivity index (χ0n) is 10.4. The van der Waals surface area contributed by atoms with E-state index in [0.717, 1.165) is 28.8 Å². The Morgan fingerprint density at radius 2 is 2.24 bits per heavy atom. The molecule has 3 nitrogen and oxygen atoms in total. The van der Waals surface area contributed by atoms with E-state index in [-0.39, 0.29) is 6.10 Å². The van der Waals surface area contributed by atoms with Crippen LogP contribution in [0, 0.1) is 0 Å². The van der Waals surface area contributed by atoms with Gasteiger partial charge in [-0.2, -0.15) is 0 Å². The monoisotopic (exact) mass is 301 g/mol. The zero-order valence-corrected chi connectivity index (χ0v) is 12.0. The van der Waals surface area contributed by atoms with Gasteiger partial charge in [0.05, 0.1) is 12.7 Å². The van der Waals surface area contributed by atoms with Gasteiger partial charge < -0.3 is 15.2 Å². The molecule has 17 heavy (non-hydrogen) atoms. The van der Waals surface area contributed by atoms with Crippen LogP contribution in [0.15, 0.2) is 22.7 Å². The van der Waals surface area contributed by atoms with Crippen LogP contribution in [0.2, 0.25) is 0 Å². The van der Waals surface area contributed by atoms with Gasteiger partial charge in [0.25, 0.3) is 0 Å². The first-order valence-corrected chi connectivity index (χ1v) is 6.72. The molecule has 0 heterocycles. The largest absolute Gasteiger partial charge is 0.493 e. The minimum atomic E-state index is -0.331. The van der Waals surface area contributed by atoms with Crippen molar-refractivity contribution in [2.75, 3.05) is 13.2 Å². The zero-order chi connectivity index (χ0) is 12.7. The topological polar surface area (TPSA) is 41.5 Å². The van der Waals surface area contributed by atoms with Crippen LogP contribution in [0.25, 0.3) is 0 Å². The number of benzene rings is 1. The van der Waals surface area contributed by atoms with Crippen LogP contribution in [-0.4, -0.2) is 24.4 Å². The summed E-state index contributed by atoms with van der Waals surface area (Å²) < 4.78 is 6.71. The van der Waals surface area contributed by atoms with Crippen molar-refractivity contribution in [1.82, 2.24) is 5.32 Å². The van der Waals surface area contributed by atoms with E-state index in [0.29, 0.717) is 13.1 Å². The molecule has 0 bridgehead atoms. The van der Waals surface area contributed by atoms with Crippen molar-refractivity contribution in [3.05, 3.63) is 28.2 Å². The Bertz CT molecular complexity index is 342. The normalized spacial score (nSPS) is 12.5. The van der Waals surface area contributed by atoms with Gasteiger partial charge in [-0.05, 0) is 31.5 Å². The molecule has 0 aliphatic carbocycles. The Morgan fingerprint density at radius 3 is 2.88 bits per heavy atom. The summed E-state index contributed by atoms with van der Waals surface area (Å²) in [6.07, 6.45) is 0.665. The third-order valence-corrected chi connectivity index (χ3v) is 2.73. The molecule has 0 unspecified atom stereocenters. The molecule has 0 amide bonds. The fourth-order valence-electron chi connectivity index (χ4n) is 1.45. The summed E-state index contributed by atoms with van der Waals surface area (Å²) in [7, 11) is 0. The Balaban J connectivity index is 2.62. The van der Waals surface area contributed by atoms with Crippen LogP contribution >= 0.6 is 15.9 Å². The first-order valence-electron chi connectivity index (χ1n) is 5.93. The summed E-state index contributed by atoms with van der Waals surface area (Å²) in [5.74, 6) is 0.910. The van der Waals surface area contributed by atoms with E-state index in [1.165, 1.54) is 0 Å². The average Bonchev–Trinajstić information content (AvgIpc) is 2.27. The number of hydrogen-bond donors (Lipinski definition) is 2. The summed E-state index contributed by atoms with van der Waals surface area (Å²) in [4.78, 5) is 0. The van der Waals surface area contributed by atoms with Gasteiger partial charge in [-0.25, -0.2) is 0 Å². The SMILES string of the molecule is CCCOc1ccc(Br)cc1CNC[C@@H](C)O. The first kappa shape index (κ1) is 14.5. The van der Waals surface area contributed by atoms with Crippen LogP contribution in [0.3, 0.4) is 0 Å². The van der Waals surface area contributed by atoms with Crippen molar-refractivity contribution < 1.29 is 9.84 Å². The number of hydrogen-bond acceptors (Lipinski definition) is 3. The molecule has 2 N–H and O–H groups in total. The lowest BCUT2D eigenvalue weighted by atomic mass is 10.2. The number of halogens is 1. The highest BCUT2D eigenvalue weighted by Gasteiger charge is 2.05. The van der Waals surface area contributed by atoms with Gasteiger partial charge in [-0.3, -0.25) is 0 Å². The number of rotatable bonds is 7. The van der Waals surface area contributed by atoms with E-state index in [1.54, 1.807) is 6.92 Å². The summed E-state index contributed by atoms with van der Waals surface area (Å²) >= 11 is 3.45. The Labute approximate surface area is 111 Å². The summed E-state index contributed by atoms with van der Waals surface area (Å²) in [5.41, 5.74) is 1.11. The highest BCUT2D eigenvalue weighted by molar-refractivity contribution is 9.10. The molecule has 0 aromatic heterocycles. The number of aliphatic hydroxyl groups is 1. The first-order chi connectivity index (χ1) is 8.13. The molecule has 4 heteroatoms. The van der Waals surface area contributed by atoms with Crippen molar-refractivity contribution >= 4 is 15.9 Å². The smallest absolute Gasteiger partial charge is 0.123 e. The van der Waals surface area contributed by atoms with Gasteiger partial charge in [0.1, 0.15) is 5.75 Å². The number of nitrogens with one attached hydrogen (secondary N) is 1. The third-order valence-electron chi connectivity index (χ3n) is 2.24. The molecule has 1 aromatic carbocycles. The fraction of sp³-hybridized carbons (Fsp3) is 0.538. The minimum absolute atomic E-state index is 0.331. The van der Waals surface area contributed by atoms with E-state index < -0.39 is 0 Å². The van der Waals surface area contributed by atoms with Crippen LogP contribution in [0.4, 0.5) is 0 Å². The molecule has 0 aliphatic rings. The van der Waals surface area contributed by atoms with Crippen molar-refractivity contribution in [2.45, 2.75) is 32.9 Å². The predicted molar refractivity (Wildman–Crippen MR) is 73.3 cm³/mol. The van der Waals surface area contributed by atoms with Crippen LogP contribution in [0.1, 0.15) is 25.8 Å². The van der Waals surface area contributed by atoms with E-state index >= 15 is 0 Å². The lowest BCUT2D eigenvalue weighted by Crippen LogP contribution is -2.24. The predicted octanol–water partition coefficient (Wildman–Crippen LogP) is 2.71. The molecular formula is C13H20BrNO2. The maximum atomic E-state index is 9.19. The molecule has 0 aliphatic heterocycles. The second-order valence-electron chi connectivity index (χ2n) is 4.08. The molecule has 0 saturated carbocycles. The Kier molecular flexibility index (Phi) is 6.55. The molecule has 0 fully saturated rings. The van der Waals surface area contributed by atoms with E-state index in [9.17, 15) is 5.11 Å². The molecule has 1 atom stereocenters.